The largest absolute Gasteiger partial charge is 0.384 e. The molecule has 7 rings (SSSR count). The Labute approximate surface area is 381 Å². The predicted molar refractivity (Wildman–Crippen MR) is 264 cm³/mol. The fourth-order valence-corrected chi connectivity index (χ4v) is 9.02. The summed E-state index contributed by atoms with van der Waals surface area (Å²) in [5, 5.41) is 13.0. The number of nitrogen functional groups attached to an aromatic ring is 1. The molecule has 2 atom stereocenters. The Bertz CT molecular complexity index is 2230. The molecule has 1 amide bonds. The third kappa shape index (κ3) is 13.0. The molecule has 2 aromatic heterocycles. The molecule has 0 aliphatic carbocycles. The Morgan fingerprint density at radius 2 is 1.59 bits per heavy atom. The van der Waals surface area contributed by atoms with Gasteiger partial charge in [0.25, 0.3) is 5.91 Å². The molecule has 340 valence electrons. The molecule has 0 radical (unpaired) electrons. The molecule has 3 aromatic carbocycles. The molecule has 0 spiro atoms. The number of benzene rings is 3. The maximum absolute atomic E-state index is 13.6. The molecule has 2 saturated heterocycles. The number of likely N-dealkylation sites (tertiary alicyclic amines) is 1. The molecule has 0 bridgehead atoms. The van der Waals surface area contributed by atoms with Crippen LogP contribution in [-0.4, -0.2) is 78.0 Å². The maximum atomic E-state index is 13.6. The van der Waals surface area contributed by atoms with Gasteiger partial charge in [0.1, 0.15) is 5.82 Å². The van der Waals surface area contributed by atoms with Crippen molar-refractivity contribution in [3.05, 3.63) is 137 Å². The van der Waals surface area contributed by atoms with Crippen molar-refractivity contribution in [1.29, 1.82) is 0 Å². The summed E-state index contributed by atoms with van der Waals surface area (Å²) in [6, 6.07) is 31.6. The number of aliphatic hydroxyl groups excluding tert-OH is 1. The zero-order valence-electron chi connectivity index (χ0n) is 38.8. The topological polar surface area (TPSA) is 146 Å². The van der Waals surface area contributed by atoms with Gasteiger partial charge in [0.05, 0.1) is 0 Å². The number of hydrogen-bond acceptors (Lipinski definition) is 10. The van der Waals surface area contributed by atoms with E-state index in [1.54, 1.807) is 4.90 Å². The molecule has 2 aliphatic rings. The van der Waals surface area contributed by atoms with Crippen LogP contribution in [0.4, 0.5) is 22.9 Å². The highest BCUT2D eigenvalue weighted by Crippen LogP contribution is 2.32. The third-order valence-electron chi connectivity index (χ3n) is 12.8. The van der Waals surface area contributed by atoms with Crippen molar-refractivity contribution in [1.82, 2.24) is 14.9 Å². The number of carbonyl (C=O) groups is 1. The van der Waals surface area contributed by atoms with Gasteiger partial charge in [-0.2, -0.15) is 0 Å². The van der Waals surface area contributed by atoms with Gasteiger partial charge in [-0.15, -0.1) is 0 Å². The second-order valence-electron chi connectivity index (χ2n) is 17.4. The number of hydrogen-bond donors (Lipinski definition) is 4. The van der Waals surface area contributed by atoms with Crippen LogP contribution in [0.2, 0.25) is 0 Å². The molecule has 0 saturated carbocycles. The number of nitrogens with zero attached hydrogens (tertiary/aromatic N) is 5. The summed E-state index contributed by atoms with van der Waals surface area (Å²) in [6.45, 7) is 15.4. The molecule has 64 heavy (non-hydrogen) atoms. The average Bonchev–Trinajstić information content (AvgIpc) is 3.33. The van der Waals surface area contributed by atoms with E-state index in [2.05, 4.69) is 117 Å². The van der Waals surface area contributed by atoms with E-state index in [4.69, 9.17) is 11.6 Å². The minimum Gasteiger partial charge on any atom is -0.384 e. The molecule has 5 aromatic rings. The Morgan fingerprint density at radius 1 is 0.906 bits per heavy atom. The van der Waals surface area contributed by atoms with Crippen molar-refractivity contribution in [2.45, 2.75) is 97.8 Å². The number of aryl methyl sites for hydroxylation is 1. The lowest BCUT2D eigenvalue weighted by atomic mass is 9.88. The number of aliphatic hydroxyl groups is 1. The Balaban J connectivity index is 0.00000335. The number of amides is 1. The zero-order valence-corrected chi connectivity index (χ0v) is 38.8. The van der Waals surface area contributed by atoms with Crippen molar-refractivity contribution < 1.29 is 14.7 Å². The highest BCUT2D eigenvalue weighted by atomic mass is 16.7. The van der Waals surface area contributed by atoms with Crippen molar-refractivity contribution in [2.75, 3.05) is 60.6 Å². The summed E-state index contributed by atoms with van der Waals surface area (Å²) < 4.78 is 0. The van der Waals surface area contributed by atoms with E-state index >= 15 is 0 Å². The Hall–Kier alpha value is -5.59. The lowest BCUT2D eigenvalue weighted by Gasteiger charge is -2.34. The van der Waals surface area contributed by atoms with E-state index in [9.17, 15) is 9.90 Å². The first-order valence-electron chi connectivity index (χ1n) is 23.2. The molecule has 11 heteroatoms. The summed E-state index contributed by atoms with van der Waals surface area (Å²) in [6.07, 6.45) is 11.8. The van der Waals surface area contributed by atoms with Gasteiger partial charge in [0.15, 0.2) is 6.29 Å². The van der Waals surface area contributed by atoms with Crippen LogP contribution < -0.4 is 26.7 Å². The van der Waals surface area contributed by atoms with Crippen LogP contribution in [-0.2, 0) is 11.3 Å². The highest BCUT2D eigenvalue weighted by molar-refractivity contribution is 6.05. The molecule has 11 nitrogen and oxygen atoms in total. The number of piperidine rings is 2. The van der Waals surface area contributed by atoms with Crippen molar-refractivity contribution in [3.8, 4) is 11.1 Å². The summed E-state index contributed by atoms with van der Waals surface area (Å²) in [4.78, 5) is 33.7. The Morgan fingerprint density at radius 3 is 2.23 bits per heavy atom. The average molecular weight is 867 g/mol. The van der Waals surface area contributed by atoms with Gasteiger partial charge in [-0.3, -0.25) is 19.5 Å². The SMILES string of the molecule is C/C(=C\c1c(-c2ccc(N)nc2)ccnc1C)CN1CCC(c2ccc(C(=O)N(C)c3ccc(CC4CCN(c5ccc(NC(C)CCC(O)ON)cc5)CC4)cc3)cc2)CC1.CC. The third-order valence-corrected chi connectivity index (χ3v) is 12.8. The lowest BCUT2D eigenvalue weighted by molar-refractivity contribution is -0.107. The number of nitrogens with two attached hydrogens (primary N) is 2. The van der Waals surface area contributed by atoms with Gasteiger partial charge >= 0.3 is 0 Å². The molecule has 2 aliphatic heterocycles. The van der Waals surface area contributed by atoms with Crippen molar-refractivity contribution >= 4 is 34.9 Å². The fourth-order valence-electron chi connectivity index (χ4n) is 9.02. The van der Waals surface area contributed by atoms with E-state index in [1.165, 1.54) is 22.4 Å². The first-order chi connectivity index (χ1) is 31.0. The molecule has 2 fully saturated rings. The van der Waals surface area contributed by atoms with Crippen LogP contribution in [0.3, 0.4) is 0 Å². The van der Waals surface area contributed by atoms with Crippen molar-refractivity contribution in [2.24, 2.45) is 11.8 Å². The number of aromatic nitrogens is 2. The fraction of sp³-hybridized carbons (Fsp3) is 0.415. The summed E-state index contributed by atoms with van der Waals surface area (Å²) in [7, 11) is 1.87. The highest BCUT2D eigenvalue weighted by Gasteiger charge is 2.23. The normalized spacial score (nSPS) is 16.1. The van der Waals surface area contributed by atoms with Gasteiger partial charge in [0.2, 0.25) is 0 Å². The number of pyridine rings is 2. The van der Waals surface area contributed by atoms with Gasteiger partial charge < -0.3 is 26.0 Å². The first kappa shape index (κ1) is 47.9. The minimum atomic E-state index is -0.928. The van der Waals surface area contributed by atoms with E-state index in [0.29, 0.717) is 29.6 Å². The monoisotopic (exact) mass is 867 g/mol. The van der Waals surface area contributed by atoms with Crippen LogP contribution in [0.1, 0.15) is 105 Å². The lowest BCUT2D eigenvalue weighted by Crippen LogP contribution is -2.34. The van der Waals surface area contributed by atoms with Gasteiger partial charge in [0, 0.05) is 91.0 Å². The number of carbonyl (C=O) groups excluding carboxylic acids is 1. The second kappa shape index (κ2) is 23.4. The standard InChI is InChI=1S/C51H64N8O3.C2H6/c1-35(31-48-37(3)54-26-21-47(48)43-12-19-49(52)55-33-43)34-58-27-24-41(25-28-58)40-8-10-42(11-9-40)51(61)57(4)45-15-6-38(7-16-45)32-39-22-29-59(30-23-39)46-17-13-44(14-18-46)56-36(2)5-20-50(60)62-53;1-2/h6-19,21,26,31,33,36,39,41,50,56,60H,5,20,22-25,27-30,32,34,53H2,1-4H3,(H2,52,55);1-2H3/b35-31+;. The quantitative estimate of drug-likeness (QED) is 0.0559. The van der Waals surface area contributed by atoms with E-state index in [1.807, 2.05) is 63.6 Å². The smallest absolute Gasteiger partial charge is 0.258 e. The molecule has 6 N–H and O–H groups in total. The molecular weight excluding hydrogens is 797 g/mol. The van der Waals surface area contributed by atoms with Crippen LogP contribution in [0.15, 0.2) is 109 Å². The van der Waals surface area contributed by atoms with Gasteiger partial charge in [-0.1, -0.05) is 49.8 Å². The molecule has 2 unspecified atom stereocenters. The number of anilines is 4. The van der Waals surface area contributed by atoms with Gasteiger partial charge in [-0.05, 0) is 168 Å². The number of nitrogens with one attached hydrogen (secondary N) is 1. The van der Waals surface area contributed by atoms with E-state index in [0.717, 1.165) is 105 Å². The predicted octanol–water partition coefficient (Wildman–Crippen LogP) is 9.87. The number of rotatable bonds is 16. The minimum absolute atomic E-state index is 0.00389. The maximum Gasteiger partial charge on any atom is 0.258 e. The van der Waals surface area contributed by atoms with Crippen molar-refractivity contribution in [3.63, 3.8) is 0 Å². The molecular formula is C53H70N8O3. The summed E-state index contributed by atoms with van der Waals surface area (Å²) >= 11 is 0. The van der Waals surface area contributed by atoms with Crippen LogP contribution in [0.25, 0.3) is 17.2 Å². The van der Waals surface area contributed by atoms with E-state index in [-0.39, 0.29) is 11.9 Å². The summed E-state index contributed by atoms with van der Waals surface area (Å²) in [5.74, 6) is 6.68. The summed E-state index contributed by atoms with van der Waals surface area (Å²) in [5.41, 5.74) is 18.0. The van der Waals surface area contributed by atoms with Crippen LogP contribution >= 0.6 is 0 Å². The van der Waals surface area contributed by atoms with E-state index < -0.39 is 6.29 Å². The Kier molecular flexibility index (Phi) is 17.5. The van der Waals surface area contributed by atoms with Crippen LogP contribution in [0.5, 0.6) is 0 Å². The zero-order chi connectivity index (χ0) is 45.6. The molecule has 4 heterocycles. The first-order valence-corrected chi connectivity index (χ1v) is 23.2. The van der Waals surface area contributed by atoms with Gasteiger partial charge in [-0.25, -0.2) is 10.9 Å². The second-order valence-corrected chi connectivity index (χ2v) is 17.4. The van der Waals surface area contributed by atoms with Crippen LogP contribution in [0, 0.1) is 12.8 Å².